The van der Waals surface area contributed by atoms with Crippen LogP contribution in [0, 0.1) is 0 Å². The van der Waals surface area contributed by atoms with Gasteiger partial charge in [0.2, 0.25) is 0 Å². The van der Waals surface area contributed by atoms with Crippen molar-refractivity contribution < 1.29 is 14.6 Å². The molecule has 0 aliphatic carbocycles. The summed E-state index contributed by atoms with van der Waals surface area (Å²) in [5.41, 5.74) is 0. The van der Waals surface area contributed by atoms with Gasteiger partial charge in [-0.1, -0.05) is 57.6 Å². The molecule has 1 heterocycles. The van der Waals surface area contributed by atoms with Crippen molar-refractivity contribution in [1.29, 1.82) is 0 Å². The average molecular weight is 325 g/mol. The molecule has 1 aliphatic heterocycles. The number of unbranched alkanes of at least 4 members (excludes halogenated alkanes) is 8. The highest BCUT2D eigenvalue weighted by atomic mass is 16.6. The minimum Gasteiger partial charge on any atom is -0.481 e. The monoisotopic (exact) mass is 324 g/mol. The molecule has 2 atom stereocenters. The molecule has 0 aromatic heterocycles. The Hall–Kier alpha value is -0.830. The first-order chi connectivity index (χ1) is 11.2. The Labute approximate surface area is 142 Å². The van der Waals surface area contributed by atoms with Crippen LogP contribution in [0.15, 0.2) is 12.2 Å². The second-order valence-electron chi connectivity index (χ2n) is 6.81. The van der Waals surface area contributed by atoms with Gasteiger partial charge in [-0.2, -0.15) is 0 Å². The van der Waals surface area contributed by atoms with Gasteiger partial charge in [-0.3, -0.25) is 4.79 Å². The lowest BCUT2D eigenvalue weighted by atomic mass is 10.1. The summed E-state index contributed by atoms with van der Waals surface area (Å²) in [5.74, 6) is -0.672. The van der Waals surface area contributed by atoms with Gasteiger partial charge in [0.1, 0.15) is 0 Å². The van der Waals surface area contributed by atoms with Crippen LogP contribution in [0.25, 0.3) is 0 Å². The third-order valence-electron chi connectivity index (χ3n) is 4.57. The minimum atomic E-state index is -0.672. The highest BCUT2D eigenvalue weighted by molar-refractivity contribution is 5.66. The smallest absolute Gasteiger partial charge is 0.303 e. The Balaban J connectivity index is 1.77. The van der Waals surface area contributed by atoms with E-state index in [1.165, 1.54) is 57.8 Å². The fourth-order valence-corrected chi connectivity index (χ4v) is 3.02. The van der Waals surface area contributed by atoms with Gasteiger partial charge in [-0.15, -0.1) is 0 Å². The van der Waals surface area contributed by atoms with Crippen LogP contribution in [0.5, 0.6) is 0 Å². The Kier molecular flexibility index (Phi) is 11.9. The first-order valence-corrected chi connectivity index (χ1v) is 9.76. The molecule has 0 unspecified atom stereocenters. The molecule has 0 aromatic carbocycles. The normalized spacial score (nSPS) is 20.2. The van der Waals surface area contributed by atoms with Crippen LogP contribution in [0.2, 0.25) is 0 Å². The van der Waals surface area contributed by atoms with Crippen molar-refractivity contribution >= 4 is 5.97 Å². The predicted octanol–water partition coefficient (Wildman–Crippen LogP) is 5.88. The van der Waals surface area contributed by atoms with Gasteiger partial charge in [0.15, 0.2) is 0 Å². The summed E-state index contributed by atoms with van der Waals surface area (Å²) < 4.78 is 5.72. The van der Waals surface area contributed by atoms with Crippen LogP contribution >= 0.6 is 0 Å². The lowest BCUT2D eigenvalue weighted by Gasteiger charge is -1.98. The molecule has 3 nitrogen and oxygen atoms in total. The molecule has 0 aromatic rings. The first kappa shape index (κ1) is 20.2. The number of aliphatic carboxylic acids is 1. The number of ether oxygens (including phenoxy) is 1. The number of rotatable bonds is 16. The van der Waals surface area contributed by atoms with Crippen molar-refractivity contribution in [3.63, 3.8) is 0 Å². The van der Waals surface area contributed by atoms with E-state index in [1.807, 2.05) is 0 Å². The molecular weight excluding hydrogens is 288 g/mol. The third kappa shape index (κ3) is 12.3. The summed E-state index contributed by atoms with van der Waals surface area (Å²) in [5, 5.41) is 8.54. The van der Waals surface area contributed by atoms with Gasteiger partial charge in [0, 0.05) is 6.42 Å². The Morgan fingerprint density at radius 1 is 0.870 bits per heavy atom. The highest BCUT2D eigenvalue weighted by Crippen LogP contribution is 2.31. The largest absolute Gasteiger partial charge is 0.481 e. The van der Waals surface area contributed by atoms with E-state index in [9.17, 15) is 4.79 Å². The van der Waals surface area contributed by atoms with E-state index in [0.29, 0.717) is 18.6 Å². The molecule has 0 amide bonds. The lowest BCUT2D eigenvalue weighted by molar-refractivity contribution is -0.137. The third-order valence-corrected chi connectivity index (χ3v) is 4.57. The van der Waals surface area contributed by atoms with E-state index >= 15 is 0 Å². The first-order valence-electron chi connectivity index (χ1n) is 9.76. The molecule has 1 N–H and O–H groups in total. The maximum atomic E-state index is 10.4. The predicted molar refractivity (Wildman–Crippen MR) is 95.7 cm³/mol. The van der Waals surface area contributed by atoms with Crippen LogP contribution in [-0.2, 0) is 9.53 Å². The maximum Gasteiger partial charge on any atom is 0.303 e. The molecule has 1 aliphatic rings. The summed E-state index contributed by atoms with van der Waals surface area (Å²) >= 11 is 0. The number of epoxide rings is 1. The van der Waals surface area contributed by atoms with Gasteiger partial charge >= 0.3 is 5.97 Å². The quantitative estimate of drug-likeness (QED) is 0.219. The van der Waals surface area contributed by atoms with Crippen LogP contribution in [0.1, 0.15) is 96.8 Å². The van der Waals surface area contributed by atoms with Crippen LogP contribution in [0.3, 0.4) is 0 Å². The van der Waals surface area contributed by atoms with Gasteiger partial charge in [-0.05, 0) is 44.9 Å². The van der Waals surface area contributed by atoms with Crippen molar-refractivity contribution in [2.24, 2.45) is 0 Å². The zero-order chi connectivity index (χ0) is 16.8. The molecule has 1 fully saturated rings. The van der Waals surface area contributed by atoms with E-state index in [4.69, 9.17) is 9.84 Å². The van der Waals surface area contributed by atoms with Crippen LogP contribution in [-0.4, -0.2) is 23.3 Å². The molecule has 0 bridgehead atoms. The molecule has 3 heteroatoms. The van der Waals surface area contributed by atoms with Crippen molar-refractivity contribution in [2.75, 3.05) is 0 Å². The number of carboxylic acids is 1. The summed E-state index contributed by atoms with van der Waals surface area (Å²) in [4.78, 5) is 10.4. The van der Waals surface area contributed by atoms with E-state index < -0.39 is 5.97 Å². The summed E-state index contributed by atoms with van der Waals surface area (Å²) in [7, 11) is 0. The zero-order valence-corrected chi connectivity index (χ0v) is 15.0. The van der Waals surface area contributed by atoms with Crippen LogP contribution in [0.4, 0.5) is 0 Å². The van der Waals surface area contributed by atoms with E-state index in [0.717, 1.165) is 25.7 Å². The second-order valence-corrected chi connectivity index (χ2v) is 6.81. The SMILES string of the molecule is CCCCC[C@H]1O[C@H]1CCCC/C=C\CCCCCCC(=O)O. The van der Waals surface area contributed by atoms with Crippen LogP contribution < -0.4 is 0 Å². The fourth-order valence-electron chi connectivity index (χ4n) is 3.02. The molecule has 1 saturated heterocycles. The van der Waals surface area contributed by atoms with Gasteiger partial charge in [0.05, 0.1) is 12.2 Å². The molecule has 0 radical (unpaired) electrons. The Morgan fingerprint density at radius 2 is 1.43 bits per heavy atom. The van der Waals surface area contributed by atoms with Gasteiger partial charge in [0.25, 0.3) is 0 Å². The Morgan fingerprint density at radius 3 is 2.04 bits per heavy atom. The van der Waals surface area contributed by atoms with Gasteiger partial charge in [-0.25, -0.2) is 0 Å². The standard InChI is InChI=1S/C20H36O3/c1-2-3-12-15-18-19(23-18)16-13-10-8-6-4-5-7-9-11-14-17-20(21)22/h4,6,18-19H,2-3,5,7-17H2,1H3,(H,21,22)/b6-4-/t18-,19+/m1/s1. The molecule has 1 rings (SSSR count). The molecular formula is C20H36O3. The van der Waals surface area contributed by atoms with Crippen molar-refractivity contribution in [2.45, 2.75) is 109 Å². The highest BCUT2D eigenvalue weighted by Gasteiger charge is 2.36. The van der Waals surface area contributed by atoms with Crippen molar-refractivity contribution in [3.8, 4) is 0 Å². The lowest BCUT2D eigenvalue weighted by Crippen LogP contribution is -1.94. The molecule has 0 saturated carbocycles. The number of allylic oxidation sites excluding steroid dienone is 2. The van der Waals surface area contributed by atoms with E-state index in [2.05, 4.69) is 19.1 Å². The summed E-state index contributed by atoms with van der Waals surface area (Å²) in [6, 6.07) is 0. The Bertz CT molecular complexity index is 325. The maximum absolute atomic E-state index is 10.4. The van der Waals surface area contributed by atoms with E-state index in [1.54, 1.807) is 0 Å². The summed E-state index contributed by atoms with van der Waals surface area (Å²) in [6.45, 7) is 2.25. The zero-order valence-electron chi connectivity index (χ0n) is 15.0. The fraction of sp³-hybridized carbons (Fsp3) is 0.850. The van der Waals surface area contributed by atoms with Crippen molar-refractivity contribution in [1.82, 2.24) is 0 Å². The number of carbonyl (C=O) groups is 1. The summed E-state index contributed by atoms with van der Waals surface area (Å²) in [6.07, 6.45) is 21.6. The topological polar surface area (TPSA) is 49.8 Å². The average Bonchev–Trinajstić information content (AvgIpc) is 3.27. The number of hydrogen-bond acceptors (Lipinski definition) is 2. The van der Waals surface area contributed by atoms with Gasteiger partial charge < -0.3 is 9.84 Å². The van der Waals surface area contributed by atoms with Crippen molar-refractivity contribution in [3.05, 3.63) is 12.2 Å². The molecule has 0 spiro atoms. The minimum absolute atomic E-state index is 0.319. The number of carboxylic acid groups (broad SMARTS) is 1. The molecule has 134 valence electrons. The van der Waals surface area contributed by atoms with E-state index in [-0.39, 0.29) is 0 Å². The second kappa shape index (κ2) is 13.6. The number of hydrogen-bond donors (Lipinski definition) is 1. The molecule has 23 heavy (non-hydrogen) atoms.